The van der Waals surface area contributed by atoms with Gasteiger partial charge in [0.1, 0.15) is 0 Å². The third-order valence-corrected chi connectivity index (χ3v) is 17.3. The Morgan fingerprint density at radius 1 is 0.258 bits per heavy atom. The van der Waals surface area contributed by atoms with E-state index < -0.39 is 34.6 Å². The Hall–Kier alpha value is -12.5. The molecular formula is C81H46F5N7. The Labute approximate surface area is 529 Å². The van der Waals surface area contributed by atoms with E-state index in [0.29, 0.717) is 66.4 Å². The first-order valence-electron chi connectivity index (χ1n) is 30.0. The number of benzene rings is 10. The zero-order valence-electron chi connectivity index (χ0n) is 49.1. The molecule has 0 bridgehead atoms. The highest BCUT2D eigenvalue weighted by molar-refractivity contribution is 6.14. The molecule has 0 fully saturated rings. The first-order chi connectivity index (χ1) is 45.6. The van der Waals surface area contributed by atoms with Crippen molar-refractivity contribution in [2.75, 3.05) is 0 Å². The summed E-state index contributed by atoms with van der Waals surface area (Å²) in [6, 6.07) is 80.9. The summed E-state index contributed by atoms with van der Waals surface area (Å²) in [7, 11) is 0. The molecule has 10 aromatic carbocycles. The van der Waals surface area contributed by atoms with Crippen molar-refractivity contribution in [1.82, 2.24) is 29.1 Å². The molecule has 93 heavy (non-hydrogen) atoms. The van der Waals surface area contributed by atoms with Gasteiger partial charge in [0, 0.05) is 85.5 Å². The van der Waals surface area contributed by atoms with E-state index in [1.165, 1.54) is 12.1 Å². The van der Waals surface area contributed by atoms with Crippen molar-refractivity contribution in [2.24, 2.45) is 0 Å². The van der Waals surface area contributed by atoms with Gasteiger partial charge in [-0.25, -0.2) is 26.8 Å². The highest BCUT2D eigenvalue weighted by atomic mass is 19.2. The minimum absolute atomic E-state index is 0.00351. The lowest BCUT2D eigenvalue weighted by atomic mass is 9.97. The van der Waals surface area contributed by atoms with Crippen LogP contribution < -0.4 is 0 Å². The highest BCUT2D eigenvalue weighted by Gasteiger charge is 2.33. The van der Waals surface area contributed by atoms with Gasteiger partial charge in [-0.3, -0.25) is 19.9 Å². The van der Waals surface area contributed by atoms with Crippen LogP contribution in [0.1, 0.15) is 0 Å². The van der Waals surface area contributed by atoms with Gasteiger partial charge < -0.3 is 9.13 Å². The molecule has 0 spiro atoms. The van der Waals surface area contributed by atoms with Gasteiger partial charge in [0.15, 0.2) is 29.0 Å². The topological polar surface area (TPSA) is 65.8 Å². The lowest BCUT2D eigenvalue weighted by Gasteiger charge is -2.22. The van der Waals surface area contributed by atoms with Gasteiger partial charge in [-0.1, -0.05) is 170 Å². The van der Waals surface area contributed by atoms with Gasteiger partial charge in [-0.2, -0.15) is 0 Å². The van der Waals surface area contributed by atoms with Crippen LogP contribution in [0, 0.1) is 35.7 Å². The van der Waals surface area contributed by atoms with E-state index in [9.17, 15) is 0 Å². The molecule has 12 heteroatoms. The summed E-state index contributed by atoms with van der Waals surface area (Å²) in [5.74, 6) is -10.7. The summed E-state index contributed by atoms with van der Waals surface area (Å²) >= 11 is 0. The van der Waals surface area contributed by atoms with E-state index in [4.69, 9.17) is 26.5 Å². The predicted molar refractivity (Wildman–Crippen MR) is 361 cm³/mol. The molecule has 7 nitrogen and oxygen atoms in total. The fraction of sp³-hybridized carbons (Fsp3) is 0. The summed E-state index contributed by atoms with van der Waals surface area (Å²) in [5, 5.41) is 2.78. The number of nitrogens with zero attached hydrogens (tertiary/aromatic N) is 7. The maximum atomic E-state index is 17.8. The van der Waals surface area contributed by atoms with Crippen molar-refractivity contribution >= 4 is 49.3 Å². The van der Waals surface area contributed by atoms with E-state index in [1.807, 2.05) is 243 Å². The van der Waals surface area contributed by atoms with Crippen molar-refractivity contribution in [3.8, 4) is 112 Å². The fourth-order valence-corrected chi connectivity index (χ4v) is 12.9. The second-order valence-corrected chi connectivity index (χ2v) is 22.7. The van der Waals surface area contributed by atoms with Crippen LogP contribution in [0.4, 0.5) is 27.6 Å². The Kier molecular flexibility index (Phi) is 13.7. The quantitative estimate of drug-likeness (QED) is 0.0560. The zero-order chi connectivity index (χ0) is 62.8. The molecule has 0 radical (unpaired) electrons. The van der Waals surface area contributed by atoms with Crippen molar-refractivity contribution in [2.45, 2.75) is 0 Å². The van der Waals surface area contributed by atoms with Crippen LogP contribution in [0.5, 0.6) is 0 Å². The Balaban J connectivity index is 1.03. The van der Waals surface area contributed by atoms with Crippen LogP contribution in [0.3, 0.4) is 0 Å². The van der Waals surface area contributed by atoms with E-state index in [1.54, 1.807) is 33.9 Å². The van der Waals surface area contributed by atoms with Crippen LogP contribution in [0.2, 0.25) is 0 Å². The summed E-state index contributed by atoms with van der Waals surface area (Å²) < 4.78 is 88.0. The molecule has 6 heterocycles. The Morgan fingerprint density at radius 3 is 0.785 bits per heavy atom. The lowest BCUT2D eigenvalue weighted by molar-refractivity contribution is 0.381. The molecule has 0 aliphatic carbocycles. The monoisotopic (exact) mass is 1210 g/mol. The molecule has 0 unspecified atom stereocenters. The number of rotatable bonds is 11. The van der Waals surface area contributed by atoms with Gasteiger partial charge >= 0.3 is 0 Å². The number of pyridine rings is 4. The van der Waals surface area contributed by atoms with Crippen molar-refractivity contribution in [1.29, 1.82) is 0 Å². The average Bonchev–Trinajstić information content (AvgIpc) is 1.63. The molecule has 440 valence electrons. The standard InChI is InChI=1S/C81H46F5N7/c1-87-60-46-73(92-69-42-52(56-30-34-88-65(38-56)48-14-6-2-7-15-48)22-26-61(69)62-27-23-53(43-70(62)92)57-31-35-89-66(39-57)49-16-8-3-9-17-49)75(76-77(82)79(84)81(86)80(85)78(76)83)74(47-60)93-71-44-54(58-32-36-90-67(40-58)50-18-10-4-11-19-50)24-28-63(71)64-29-25-55(45-72(64)93)59-33-37-91-68(41-59)51-20-12-5-13-21-51/h2-47H. The molecule has 0 aliphatic rings. The third-order valence-electron chi connectivity index (χ3n) is 17.3. The van der Waals surface area contributed by atoms with Crippen molar-refractivity contribution in [3.05, 3.63) is 320 Å². The molecular weight excluding hydrogens is 1170 g/mol. The second kappa shape index (κ2) is 22.8. The molecule has 0 amide bonds. The molecule has 0 N–H and O–H groups in total. The smallest absolute Gasteiger partial charge is 0.200 e. The molecule has 0 aliphatic heterocycles. The Morgan fingerprint density at radius 2 is 0.516 bits per heavy atom. The van der Waals surface area contributed by atoms with Gasteiger partial charge in [0.2, 0.25) is 5.82 Å². The van der Waals surface area contributed by atoms with Crippen LogP contribution >= 0.6 is 0 Å². The maximum absolute atomic E-state index is 17.8. The number of halogens is 5. The Bertz CT molecular complexity index is 5090. The number of hydrogen-bond donors (Lipinski definition) is 0. The first kappa shape index (κ1) is 55.8. The van der Waals surface area contributed by atoms with Crippen LogP contribution in [0.15, 0.2) is 280 Å². The van der Waals surface area contributed by atoms with E-state index in [2.05, 4.69) is 4.85 Å². The summed E-state index contributed by atoms with van der Waals surface area (Å²) in [6.45, 7) is 8.91. The molecule has 0 saturated heterocycles. The average molecular weight is 1210 g/mol. The van der Waals surface area contributed by atoms with E-state index >= 15 is 22.0 Å². The second-order valence-electron chi connectivity index (χ2n) is 22.7. The molecule has 16 rings (SSSR count). The normalized spacial score (nSPS) is 11.5. The number of aromatic nitrogens is 6. The molecule has 0 saturated carbocycles. The maximum Gasteiger partial charge on any atom is 0.200 e. The zero-order valence-corrected chi connectivity index (χ0v) is 49.1. The summed E-state index contributed by atoms with van der Waals surface area (Å²) in [4.78, 5) is 22.9. The summed E-state index contributed by atoms with van der Waals surface area (Å²) in [5.41, 5.74) is 12.9. The predicted octanol–water partition coefficient (Wildman–Crippen LogP) is 21.7. The van der Waals surface area contributed by atoms with Crippen LogP contribution in [-0.2, 0) is 0 Å². The van der Waals surface area contributed by atoms with Crippen molar-refractivity contribution in [3.63, 3.8) is 0 Å². The molecule has 16 aromatic rings. The van der Waals surface area contributed by atoms with Crippen molar-refractivity contribution < 1.29 is 22.0 Å². The number of hydrogen-bond acceptors (Lipinski definition) is 4. The fourth-order valence-electron chi connectivity index (χ4n) is 12.9. The lowest BCUT2D eigenvalue weighted by Crippen LogP contribution is -2.10. The van der Waals surface area contributed by atoms with E-state index in [0.717, 1.165) is 66.8 Å². The van der Waals surface area contributed by atoms with Crippen LogP contribution in [0.25, 0.3) is 160 Å². The van der Waals surface area contributed by atoms with Gasteiger partial charge in [-0.05, 0) is 129 Å². The third kappa shape index (κ3) is 9.74. The minimum atomic E-state index is -2.31. The number of fused-ring (bicyclic) bond motifs is 6. The summed E-state index contributed by atoms with van der Waals surface area (Å²) in [6.07, 6.45) is 6.91. The first-order valence-corrected chi connectivity index (χ1v) is 30.0. The van der Waals surface area contributed by atoms with Gasteiger partial charge in [-0.15, -0.1) is 0 Å². The van der Waals surface area contributed by atoms with Crippen LogP contribution in [-0.4, -0.2) is 29.1 Å². The largest absolute Gasteiger partial charge is 0.310 e. The highest BCUT2D eigenvalue weighted by Crippen LogP contribution is 2.49. The molecule has 0 atom stereocenters. The molecule has 6 aromatic heterocycles. The van der Waals surface area contributed by atoms with Gasteiger partial charge in [0.05, 0.1) is 57.0 Å². The van der Waals surface area contributed by atoms with E-state index in [-0.39, 0.29) is 22.6 Å². The SMILES string of the molecule is [C-]#[N+]c1cc(-n2c3cc(-c4ccnc(-c5ccccc5)c4)ccc3c3ccc(-c4ccnc(-c5ccccc5)c4)cc32)c(-c2c(F)c(F)c(F)c(F)c2F)c(-n2c3cc(-c4ccnc(-c5ccccc5)c4)ccc3c3ccc(-c4ccnc(-c5ccccc5)c4)cc32)c1. The minimum Gasteiger partial charge on any atom is -0.310 e. The van der Waals surface area contributed by atoms with Gasteiger partial charge in [0.25, 0.3) is 0 Å².